The minimum Gasteiger partial charge on any atom is -0.465 e. The molecule has 0 atom stereocenters. The van der Waals surface area contributed by atoms with E-state index in [1.165, 1.54) is 17.0 Å². The Labute approximate surface area is 258 Å². The van der Waals surface area contributed by atoms with E-state index >= 15 is 0 Å². The quantitative estimate of drug-likeness (QED) is 0.218. The van der Waals surface area contributed by atoms with Crippen molar-refractivity contribution in [3.8, 4) is 22.5 Å². The van der Waals surface area contributed by atoms with Crippen LogP contribution in [0, 0.1) is 5.82 Å². The maximum absolute atomic E-state index is 13.9. The normalized spacial score (nSPS) is 13.2. The highest BCUT2D eigenvalue weighted by molar-refractivity contribution is 6.13. The topological polar surface area (TPSA) is 99.2 Å². The fraction of sp³-hybridized carbons (Fsp3) is 0.114. The van der Waals surface area contributed by atoms with Crippen LogP contribution in [0.3, 0.4) is 0 Å². The number of carboxylic acid groups (broad SMARTS) is 1. The van der Waals surface area contributed by atoms with E-state index in [1.54, 1.807) is 22.8 Å². The average molecular weight is 598 g/mol. The van der Waals surface area contributed by atoms with Crippen molar-refractivity contribution >= 4 is 29.1 Å². The number of halogens is 1. The van der Waals surface area contributed by atoms with Crippen LogP contribution >= 0.6 is 0 Å². The molecule has 9 nitrogen and oxygen atoms in total. The van der Waals surface area contributed by atoms with Gasteiger partial charge in [0.25, 0.3) is 0 Å². The summed E-state index contributed by atoms with van der Waals surface area (Å²) in [7, 11) is 0. The molecule has 1 amide bonds. The molecule has 0 bridgehead atoms. The van der Waals surface area contributed by atoms with Crippen molar-refractivity contribution in [2.24, 2.45) is 4.99 Å². The standard InChI is InChI=1S/C35H28FN7O2/c36-28-13-11-26(12-14-28)33-34(43-30(39-33)15-16-31(40-43)41-19-21-42(22-20-41)35(44)45)27-17-18-37-29(23-27)38-32(24-7-3-1-4-8-24)25-9-5-2-6-10-25/h1-18,23H,19-22H2,(H,44,45). The zero-order valence-electron chi connectivity index (χ0n) is 24.2. The summed E-state index contributed by atoms with van der Waals surface area (Å²) in [4.78, 5) is 29.4. The summed E-state index contributed by atoms with van der Waals surface area (Å²) in [5, 5.41) is 14.4. The lowest BCUT2D eigenvalue weighted by molar-refractivity contribution is 0.142. The van der Waals surface area contributed by atoms with E-state index in [4.69, 9.17) is 15.1 Å². The highest BCUT2D eigenvalue weighted by atomic mass is 19.1. The Morgan fingerprint density at radius 3 is 2.09 bits per heavy atom. The SMILES string of the molecule is O=C(O)N1CCN(c2ccc3nc(-c4ccc(F)cc4)c(-c4ccnc(N=C(c5ccccc5)c5ccccc5)c4)n3n2)CC1. The van der Waals surface area contributed by atoms with Crippen molar-refractivity contribution in [1.82, 2.24) is 24.5 Å². The Kier molecular flexibility index (Phi) is 7.44. The van der Waals surface area contributed by atoms with E-state index in [-0.39, 0.29) is 5.82 Å². The number of aromatic nitrogens is 4. The van der Waals surface area contributed by atoms with E-state index < -0.39 is 6.09 Å². The van der Waals surface area contributed by atoms with E-state index in [2.05, 4.69) is 9.88 Å². The molecule has 222 valence electrons. The molecule has 45 heavy (non-hydrogen) atoms. The van der Waals surface area contributed by atoms with Gasteiger partial charge in [-0.1, -0.05) is 60.7 Å². The van der Waals surface area contributed by atoms with Crippen molar-refractivity contribution in [3.63, 3.8) is 0 Å². The number of rotatable bonds is 6. The summed E-state index contributed by atoms with van der Waals surface area (Å²) in [5.74, 6) is 0.885. The molecule has 1 saturated heterocycles. The van der Waals surface area contributed by atoms with Gasteiger partial charge in [0.15, 0.2) is 11.5 Å². The number of anilines is 1. The van der Waals surface area contributed by atoms with Crippen molar-refractivity contribution in [3.05, 3.63) is 132 Å². The summed E-state index contributed by atoms with van der Waals surface area (Å²) < 4.78 is 15.7. The van der Waals surface area contributed by atoms with Crippen molar-refractivity contribution in [2.75, 3.05) is 31.1 Å². The van der Waals surface area contributed by atoms with Crippen LogP contribution in [0.2, 0.25) is 0 Å². The number of hydrogen-bond donors (Lipinski definition) is 1. The first-order valence-electron chi connectivity index (χ1n) is 14.6. The molecule has 1 fully saturated rings. The van der Waals surface area contributed by atoms with Crippen molar-refractivity contribution < 1.29 is 14.3 Å². The van der Waals surface area contributed by atoms with Gasteiger partial charge in [0, 0.05) is 54.6 Å². The highest BCUT2D eigenvalue weighted by Crippen LogP contribution is 2.34. The Balaban J connectivity index is 1.36. The van der Waals surface area contributed by atoms with Gasteiger partial charge in [-0.2, -0.15) is 0 Å². The molecule has 1 aliphatic rings. The lowest BCUT2D eigenvalue weighted by atomic mass is 10.0. The van der Waals surface area contributed by atoms with E-state index in [1.807, 2.05) is 84.9 Å². The van der Waals surface area contributed by atoms with Crippen LogP contribution in [0.5, 0.6) is 0 Å². The molecule has 3 aromatic heterocycles. The van der Waals surface area contributed by atoms with Gasteiger partial charge in [0.2, 0.25) is 0 Å². The Morgan fingerprint density at radius 2 is 1.44 bits per heavy atom. The van der Waals surface area contributed by atoms with Gasteiger partial charge in [0.1, 0.15) is 17.3 Å². The molecular formula is C35H28FN7O2. The van der Waals surface area contributed by atoms with Crippen molar-refractivity contribution in [2.45, 2.75) is 0 Å². The van der Waals surface area contributed by atoms with E-state index in [0.29, 0.717) is 54.8 Å². The van der Waals surface area contributed by atoms with Crippen LogP contribution in [0.4, 0.5) is 20.8 Å². The number of carbonyl (C=O) groups is 1. The second-order valence-electron chi connectivity index (χ2n) is 10.6. The van der Waals surface area contributed by atoms with Gasteiger partial charge in [-0.15, -0.1) is 5.10 Å². The van der Waals surface area contributed by atoms with E-state index in [9.17, 15) is 14.3 Å². The van der Waals surface area contributed by atoms with Gasteiger partial charge in [0.05, 0.1) is 11.4 Å². The lowest BCUT2D eigenvalue weighted by Crippen LogP contribution is -2.48. The van der Waals surface area contributed by atoms with Crippen LogP contribution in [0.25, 0.3) is 28.2 Å². The monoisotopic (exact) mass is 597 g/mol. The van der Waals surface area contributed by atoms with Gasteiger partial charge < -0.3 is 14.9 Å². The van der Waals surface area contributed by atoms with Gasteiger partial charge in [-0.25, -0.2) is 28.7 Å². The number of nitrogens with zero attached hydrogens (tertiary/aromatic N) is 7. The first-order valence-corrected chi connectivity index (χ1v) is 14.6. The maximum Gasteiger partial charge on any atom is 0.407 e. The maximum atomic E-state index is 13.9. The van der Waals surface area contributed by atoms with Gasteiger partial charge >= 0.3 is 6.09 Å². The molecule has 0 radical (unpaired) electrons. The van der Waals surface area contributed by atoms with Crippen LogP contribution in [0.15, 0.2) is 120 Å². The molecule has 1 aliphatic heterocycles. The number of imidazole rings is 1. The number of piperazine rings is 1. The number of benzene rings is 3. The van der Waals surface area contributed by atoms with Crippen LogP contribution in [-0.4, -0.2) is 67.6 Å². The van der Waals surface area contributed by atoms with Crippen LogP contribution < -0.4 is 4.90 Å². The summed E-state index contributed by atoms with van der Waals surface area (Å²) in [6.45, 7) is 1.83. The fourth-order valence-electron chi connectivity index (χ4n) is 5.52. The molecule has 7 rings (SSSR count). The molecule has 0 saturated carbocycles. The summed E-state index contributed by atoms with van der Waals surface area (Å²) in [6, 6.07) is 33.8. The molecule has 0 spiro atoms. The van der Waals surface area contributed by atoms with Crippen molar-refractivity contribution in [1.29, 1.82) is 0 Å². The second-order valence-corrected chi connectivity index (χ2v) is 10.6. The van der Waals surface area contributed by atoms with Gasteiger partial charge in [-0.05, 0) is 48.5 Å². The zero-order chi connectivity index (χ0) is 30.8. The summed E-state index contributed by atoms with van der Waals surface area (Å²) >= 11 is 0. The largest absolute Gasteiger partial charge is 0.465 e. The van der Waals surface area contributed by atoms with E-state index in [0.717, 1.165) is 28.0 Å². The lowest BCUT2D eigenvalue weighted by Gasteiger charge is -2.33. The third-order valence-corrected chi connectivity index (χ3v) is 7.79. The number of hydrogen-bond acceptors (Lipinski definition) is 6. The minimum atomic E-state index is -0.919. The number of aliphatic imine (C=N–C) groups is 1. The number of pyridine rings is 1. The first kappa shape index (κ1) is 27.9. The van der Waals surface area contributed by atoms with Gasteiger partial charge in [-0.3, -0.25) is 0 Å². The average Bonchev–Trinajstić information content (AvgIpc) is 3.47. The Bertz CT molecular complexity index is 1960. The smallest absolute Gasteiger partial charge is 0.407 e. The third kappa shape index (κ3) is 5.73. The number of amides is 1. The zero-order valence-corrected chi connectivity index (χ0v) is 24.2. The molecule has 10 heteroatoms. The first-order chi connectivity index (χ1) is 22.0. The summed E-state index contributed by atoms with van der Waals surface area (Å²) in [6.07, 6.45) is 0.794. The van der Waals surface area contributed by atoms with Crippen LogP contribution in [-0.2, 0) is 0 Å². The number of fused-ring (bicyclic) bond motifs is 1. The molecule has 4 heterocycles. The minimum absolute atomic E-state index is 0.333. The molecule has 0 unspecified atom stereocenters. The molecule has 3 aromatic carbocycles. The Morgan fingerprint density at radius 1 is 0.778 bits per heavy atom. The Hall–Kier alpha value is -5.90. The third-order valence-electron chi connectivity index (χ3n) is 7.79. The molecular weight excluding hydrogens is 569 g/mol. The predicted molar refractivity (Wildman–Crippen MR) is 172 cm³/mol. The summed E-state index contributed by atoms with van der Waals surface area (Å²) in [5.41, 5.74) is 6.22. The highest BCUT2D eigenvalue weighted by Gasteiger charge is 2.23. The molecule has 1 N–H and O–H groups in total. The molecule has 6 aromatic rings. The predicted octanol–water partition coefficient (Wildman–Crippen LogP) is 6.57. The van der Waals surface area contributed by atoms with Crippen LogP contribution in [0.1, 0.15) is 11.1 Å². The molecule has 0 aliphatic carbocycles. The fourth-order valence-corrected chi connectivity index (χ4v) is 5.52. The second kappa shape index (κ2) is 12.0.